The van der Waals surface area contributed by atoms with Gasteiger partial charge >= 0.3 is 8.56 Å². The van der Waals surface area contributed by atoms with Crippen molar-refractivity contribution in [2.45, 2.75) is 45.8 Å². The third-order valence-electron chi connectivity index (χ3n) is 3.71. The van der Waals surface area contributed by atoms with Crippen LogP contribution in [0, 0.1) is 0 Å². The second-order valence-electron chi connectivity index (χ2n) is 8.71. The summed E-state index contributed by atoms with van der Waals surface area (Å²) in [6.45, 7) is 15.7. The van der Waals surface area contributed by atoms with Gasteiger partial charge in [-0.3, -0.25) is 0 Å². The van der Waals surface area contributed by atoms with E-state index in [1.54, 1.807) is 0 Å². The van der Waals surface area contributed by atoms with Crippen LogP contribution in [0.25, 0.3) is 12.2 Å². The first-order chi connectivity index (χ1) is 12.0. The molecule has 0 radical (unpaired) electrons. The fourth-order valence-electron chi connectivity index (χ4n) is 3.11. The Kier molecular flexibility index (Phi) is 6.63. The Labute approximate surface area is 162 Å². The molecule has 0 bridgehead atoms. The van der Waals surface area contributed by atoms with E-state index in [4.69, 9.17) is 8.23 Å². The van der Waals surface area contributed by atoms with Gasteiger partial charge in [-0.15, -0.1) is 0 Å². The molecule has 0 aliphatic heterocycles. The molecule has 0 saturated heterocycles. The van der Waals surface area contributed by atoms with E-state index in [1.807, 2.05) is 6.07 Å². The molecule has 2 nitrogen and oxygen atoms in total. The van der Waals surface area contributed by atoms with Crippen molar-refractivity contribution in [2.75, 3.05) is 0 Å². The SMILES string of the molecule is C[Si](C)(C)O[Si](C)(O[Si](C)(C)C)c1ccccc1/C=C/c1ccccc1. The molecule has 2 rings (SSSR count). The van der Waals surface area contributed by atoms with Gasteiger partial charge in [0.1, 0.15) is 0 Å². The molecule has 0 aliphatic carbocycles. The van der Waals surface area contributed by atoms with Gasteiger partial charge in [-0.25, -0.2) is 0 Å². The van der Waals surface area contributed by atoms with Gasteiger partial charge in [0, 0.05) is 0 Å². The molecular weight excluding hydrogens is 368 g/mol. The molecule has 2 aromatic rings. The second kappa shape index (κ2) is 8.19. The summed E-state index contributed by atoms with van der Waals surface area (Å²) in [4.78, 5) is 0. The lowest BCUT2D eigenvalue weighted by molar-refractivity contribution is 0.404. The quantitative estimate of drug-likeness (QED) is 0.429. The topological polar surface area (TPSA) is 18.5 Å². The maximum atomic E-state index is 6.74. The highest BCUT2D eigenvalue weighted by atomic mass is 28.5. The Hall–Kier alpha value is -1.25. The molecule has 0 heterocycles. The Bertz CT molecular complexity index is 728. The van der Waals surface area contributed by atoms with Gasteiger partial charge in [-0.2, -0.15) is 0 Å². The summed E-state index contributed by atoms with van der Waals surface area (Å²) in [5, 5.41) is 1.23. The smallest absolute Gasteiger partial charge is 0.349 e. The minimum absolute atomic E-state index is 1.20. The number of benzene rings is 2. The van der Waals surface area contributed by atoms with Crippen LogP contribution < -0.4 is 5.19 Å². The highest BCUT2D eigenvalue weighted by Gasteiger charge is 2.43. The summed E-state index contributed by atoms with van der Waals surface area (Å²) in [6, 6.07) is 18.9. The molecule has 0 aliphatic rings. The zero-order valence-corrected chi connectivity index (χ0v) is 20.2. The van der Waals surface area contributed by atoms with E-state index in [0.29, 0.717) is 0 Å². The Morgan fingerprint density at radius 3 is 1.65 bits per heavy atom. The van der Waals surface area contributed by atoms with E-state index in [0.717, 1.165) is 0 Å². The van der Waals surface area contributed by atoms with Gasteiger partial charge in [0.2, 0.25) is 0 Å². The van der Waals surface area contributed by atoms with Gasteiger partial charge in [0.25, 0.3) is 0 Å². The van der Waals surface area contributed by atoms with Gasteiger partial charge in [0.05, 0.1) is 0 Å². The summed E-state index contributed by atoms with van der Waals surface area (Å²) >= 11 is 0. The molecule has 5 heteroatoms. The minimum Gasteiger partial charge on any atom is -0.433 e. The van der Waals surface area contributed by atoms with Crippen LogP contribution in [0.5, 0.6) is 0 Å². The molecule has 0 saturated carbocycles. The van der Waals surface area contributed by atoms with E-state index in [-0.39, 0.29) is 0 Å². The van der Waals surface area contributed by atoms with Crippen LogP contribution in [-0.2, 0) is 8.23 Å². The highest BCUT2D eigenvalue weighted by molar-refractivity contribution is 6.94. The van der Waals surface area contributed by atoms with Crippen molar-refractivity contribution >= 4 is 42.5 Å². The van der Waals surface area contributed by atoms with Crippen molar-refractivity contribution in [3.8, 4) is 0 Å². The van der Waals surface area contributed by atoms with E-state index >= 15 is 0 Å². The number of rotatable bonds is 7. The van der Waals surface area contributed by atoms with Gasteiger partial charge in [-0.1, -0.05) is 66.7 Å². The van der Waals surface area contributed by atoms with Crippen LogP contribution in [0.3, 0.4) is 0 Å². The average molecular weight is 401 g/mol. The van der Waals surface area contributed by atoms with Crippen LogP contribution in [-0.4, -0.2) is 25.2 Å². The third-order valence-corrected chi connectivity index (χ3v) is 13.2. The lowest BCUT2D eigenvalue weighted by atomic mass is 10.1. The molecule has 140 valence electrons. The van der Waals surface area contributed by atoms with Crippen LogP contribution in [0.2, 0.25) is 45.8 Å². The minimum atomic E-state index is -2.51. The Balaban J connectivity index is 2.47. The maximum absolute atomic E-state index is 6.74. The Morgan fingerprint density at radius 2 is 1.12 bits per heavy atom. The van der Waals surface area contributed by atoms with Crippen molar-refractivity contribution in [1.82, 2.24) is 0 Å². The number of hydrogen-bond acceptors (Lipinski definition) is 2. The summed E-state index contributed by atoms with van der Waals surface area (Å²) < 4.78 is 13.5. The molecule has 0 N–H and O–H groups in total. The first-order valence-electron chi connectivity index (χ1n) is 9.22. The maximum Gasteiger partial charge on any atom is 0.349 e. The molecular formula is C21H32O2Si3. The average Bonchev–Trinajstić information content (AvgIpc) is 2.50. The monoisotopic (exact) mass is 400 g/mol. The normalized spacial score (nSPS) is 13.3. The molecule has 0 atom stereocenters. The van der Waals surface area contributed by atoms with Crippen LogP contribution >= 0.6 is 0 Å². The molecule has 2 aromatic carbocycles. The van der Waals surface area contributed by atoms with Crippen LogP contribution in [0.4, 0.5) is 0 Å². The first-order valence-corrected chi connectivity index (χ1v) is 18.3. The molecule has 26 heavy (non-hydrogen) atoms. The Morgan fingerprint density at radius 1 is 0.615 bits per heavy atom. The van der Waals surface area contributed by atoms with Crippen LogP contribution in [0.15, 0.2) is 54.6 Å². The van der Waals surface area contributed by atoms with Crippen LogP contribution in [0.1, 0.15) is 11.1 Å². The summed E-state index contributed by atoms with van der Waals surface area (Å²) in [7, 11) is -6.01. The van der Waals surface area contributed by atoms with E-state index < -0.39 is 25.2 Å². The van der Waals surface area contributed by atoms with E-state index in [1.165, 1.54) is 16.3 Å². The zero-order valence-electron chi connectivity index (χ0n) is 17.2. The molecule has 0 unspecified atom stereocenters. The van der Waals surface area contributed by atoms with E-state index in [9.17, 15) is 0 Å². The lowest BCUT2D eigenvalue weighted by Crippen LogP contribution is -2.60. The molecule has 0 aromatic heterocycles. The lowest BCUT2D eigenvalue weighted by Gasteiger charge is -2.39. The van der Waals surface area contributed by atoms with Gasteiger partial charge < -0.3 is 8.23 Å². The largest absolute Gasteiger partial charge is 0.433 e. The summed E-state index contributed by atoms with van der Waals surface area (Å²) in [5.74, 6) is 0. The fraction of sp³-hybridized carbons (Fsp3) is 0.333. The first kappa shape index (κ1) is 21.1. The van der Waals surface area contributed by atoms with Crippen molar-refractivity contribution < 1.29 is 8.23 Å². The third kappa shape index (κ3) is 6.48. The predicted octanol–water partition coefficient (Wildman–Crippen LogP) is 5.84. The highest BCUT2D eigenvalue weighted by Crippen LogP contribution is 2.22. The van der Waals surface area contributed by atoms with E-state index in [2.05, 4.69) is 107 Å². The van der Waals surface area contributed by atoms with Gasteiger partial charge in [0.15, 0.2) is 16.6 Å². The van der Waals surface area contributed by atoms with Gasteiger partial charge in [-0.05, 0) is 62.1 Å². The standard InChI is InChI=1S/C21H32O2Si3/c1-24(2,3)22-26(7,23-25(4,5)6)21-16-12-11-15-20(21)18-17-19-13-9-8-10-14-19/h8-18H,1-7H3/b18-17+. The molecule has 0 fully saturated rings. The fourth-order valence-corrected chi connectivity index (χ4v) is 15.0. The molecule has 0 amide bonds. The second-order valence-corrected chi connectivity index (χ2v) is 21.2. The summed E-state index contributed by atoms with van der Waals surface area (Å²) in [5.41, 5.74) is 2.39. The van der Waals surface area contributed by atoms with Crippen molar-refractivity contribution in [1.29, 1.82) is 0 Å². The zero-order chi connectivity index (χ0) is 19.4. The summed E-state index contributed by atoms with van der Waals surface area (Å²) in [6.07, 6.45) is 4.35. The molecule has 0 spiro atoms. The van der Waals surface area contributed by atoms with Crippen molar-refractivity contribution in [3.63, 3.8) is 0 Å². The van der Waals surface area contributed by atoms with Crippen molar-refractivity contribution in [3.05, 3.63) is 65.7 Å². The predicted molar refractivity (Wildman–Crippen MR) is 122 cm³/mol. The number of hydrogen-bond donors (Lipinski definition) is 0. The van der Waals surface area contributed by atoms with Crippen molar-refractivity contribution in [2.24, 2.45) is 0 Å².